The number of rotatable bonds is 6. The summed E-state index contributed by atoms with van der Waals surface area (Å²) in [5.41, 5.74) is 6.37. The fourth-order valence-corrected chi connectivity index (χ4v) is 5.63. The van der Waals surface area contributed by atoms with Gasteiger partial charge in [0.2, 0.25) is 0 Å². The van der Waals surface area contributed by atoms with E-state index in [1.807, 2.05) is 6.07 Å². The van der Waals surface area contributed by atoms with Gasteiger partial charge in [-0.3, -0.25) is 23.6 Å². The molecule has 0 radical (unpaired) electrons. The monoisotopic (exact) mass is 514 g/mol. The second-order valence-electron chi connectivity index (χ2n) is 10.2. The predicted molar refractivity (Wildman–Crippen MR) is 149 cm³/mol. The van der Waals surface area contributed by atoms with Gasteiger partial charge in [-0.25, -0.2) is 4.79 Å². The first-order valence-electron chi connectivity index (χ1n) is 13.2. The molecule has 5 rings (SSSR count). The zero-order chi connectivity index (χ0) is 26.8. The van der Waals surface area contributed by atoms with Crippen LogP contribution in [0.3, 0.4) is 0 Å². The maximum Gasteiger partial charge on any atom is 0.332 e. The minimum absolute atomic E-state index is 0.0194. The lowest BCUT2D eigenvalue weighted by atomic mass is 9.91. The normalized spacial score (nSPS) is 16.7. The molecular weight excluding hydrogens is 480 g/mol. The van der Waals surface area contributed by atoms with E-state index in [1.165, 1.54) is 29.3 Å². The van der Waals surface area contributed by atoms with Crippen molar-refractivity contribution in [1.29, 1.82) is 0 Å². The molecule has 2 heterocycles. The van der Waals surface area contributed by atoms with Gasteiger partial charge in [0.05, 0.1) is 6.42 Å². The Hall–Kier alpha value is -3.91. The Morgan fingerprint density at radius 3 is 2.34 bits per heavy atom. The van der Waals surface area contributed by atoms with E-state index in [1.54, 1.807) is 17.7 Å². The molecule has 8 heteroatoms. The molecule has 0 unspecified atom stereocenters. The molecule has 1 aliphatic heterocycles. The third-order valence-corrected chi connectivity index (χ3v) is 7.78. The van der Waals surface area contributed by atoms with Crippen molar-refractivity contribution in [2.45, 2.75) is 25.7 Å². The summed E-state index contributed by atoms with van der Waals surface area (Å²) < 4.78 is 2.67. The second kappa shape index (κ2) is 10.8. The largest absolute Gasteiger partial charge is 0.481 e. The van der Waals surface area contributed by atoms with Gasteiger partial charge in [-0.1, -0.05) is 48.5 Å². The predicted octanol–water partition coefficient (Wildman–Crippen LogP) is 2.45. The number of carboxylic acid groups (broad SMARTS) is 1. The van der Waals surface area contributed by atoms with E-state index in [4.69, 9.17) is 0 Å². The molecule has 1 saturated heterocycles. The number of piperazine rings is 1. The quantitative estimate of drug-likeness (QED) is 0.544. The number of anilines is 1. The number of fused-ring (bicyclic) bond motifs is 2. The lowest BCUT2D eigenvalue weighted by Crippen LogP contribution is -2.49. The Balaban J connectivity index is 1.32. The summed E-state index contributed by atoms with van der Waals surface area (Å²) in [4.78, 5) is 40.4. The summed E-state index contributed by atoms with van der Waals surface area (Å²) in [7, 11) is 3.21. The zero-order valence-electron chi connectivity index (χ0n) is 22.0. The van der Waals surface area contributed by atoms with Crippen LogP contribution in [0, 0.1) is 0 Å². The molecule has 2 aromatic carbocycles. The Kier molecular flexibility index (Phi) is 7.33. The van der Waals surface area contributed by atoms with E-state index < -0.39 is 5.97 Å². The summed E-state index contributed by atoms with van der Waals surface area (Å²) in [6, 6.07) is 16.2. The van der Waals surface area contributed by atoms with Crippen LogP contribution >= 0.6 is 0 Å². The summed E-state index contributed by atoms with van der Waals surface area (Å²) in [5.74, 6) is -0.150. The number of aliphatic carboxylic acids is 1. The summed E-state index contributed by atoms with van der Waals surface area (Å²) in [5, 5.41) is 9.32. The van der Waals surface area contributed by atoms with Crippen LogP contribution in [0.1, 0.15) is 34.2 Å². The minimum Gasteiger partial charge on any atom is -0.481 e. The number of nitrogens with zero attached hydrogens (tertiary/aromatic N) is 4. The van der Waals surface area contributed by atoms with Crippen LogP contribution in [0.2, 0.25) is 0 Å². The van der Waals surface area contributed by atoms with E-state index in [0.717, 1.165) is 67.7 Å². The molecule has 0 amide bonds. The summed E-state index contributed by atoms with van der Waals surface area (Å²) in [6.07, 6.45) is 5.10. The lowest BCUT2D eigenvalue weighted by Gasteiger charge is -2.36. The van der Waals surface area contributed by atoms with Gasteiger partial charge in [0.15, 0.2) is 0 Å². The molecule has 3 aromatic rings. The third-order valence-electron chi connectivity index (χ3n) is 7.78. The average Bonchev–Trinajstić information content (AvgIpc) is 3.06. The van der Waals surface area contributed by atoms with Gasteiger partial charge in [-0.15, -0.1) is 0 Å². The van der Waals surface area contributed by atoms with Crippen LogP contribution in [0.25, 0.3) is 5.57 Å². The molecule has 1 aliphatic carbocycles. The maximum atomic E-state index is 12.3. The number of aryl methyl sites for hydroxylation is 2. The number of aromatic nitrogens is 2. The number of carboxylic acids is 1. The SMILES string of the molecule is Cn1c(N2CCN(CC/C=C3/c4ccccc4CCc4ccc(CC(=O)O)cc43)CC2)cc(=O)n(C)c1=O. The molecule has 198 valence electrons. The van der Waals surface area contributed by atoms with Crippen LogP contribution in [0.5, 0.6) is 0 Å². The summed E-state index contributed by atoms with van der Waals surface area (Å²) >= 11 is 0. The van der Waals surface area contributed by atoms with Gasteiger partial charge in [0.25, 0.3) is 5.56 Å². The van der Waals surface area contributed by atoms with Crippen molar-refractivity contribution in [2.75, 3.05) is 37.6 Å². The van der Waals surface area contributed by atoms with Gasteiger partial charge < -0.3 is 10.0 Å². The van der Waals surface area contributed by atoms with Crippen molar-refractivity contribution in [3.63, 3.8) is 0 Å². The molecule has 0 atom stereocenters. The lowest BCUT2D eigenvalue weighted by molar-refractivity contribution is -0.136. The van der Waals surface area contributed by atoms with Gasteiger partial charge in [0, 0.05) is 52.9 Å². The van der Waals surface area contributed by atoms with E-state index >= 15 is 0 Å². The standard InChI is InChI=1S/C30H34N4O4/c1-31-27(20-28(35)32(2)30(31)38)34-16-14-33(15-17-34)13-5-8-25-24-7-4-3-6-22(24)11-12-23-10-9-21(18-26(23)25)19-29(36)37/h3-4,6-10,18,20H,5,11-17,19H2,1-2H3,(H,36,37)/b25-8-. The van der Waals surface area contributed by atoms with Crippen molar-refractivity contribution in [1.82, 2.24) is 14.0 Å². The highest BCUT2D eigenvalue weighted by Gasteiger charge is 2.21. The van der Waals surface area contributed by atoms with Crippen LogP contribution in [0.4, 0.5) is 5.82 Å². The van der Waals surface area contributed by atoms with Crippen LogP contribution < -0.4 is 16.1 Å². The fourth-order valence-electron chi connectivity index (χ4n) is 5.63. The average molecular weight is 515 g/mol. The number of benzene rings is 2. The molecule has 0 bridgehead atoms. The van der Waals surface area contributed by atoms with Crippen LogP contribution in [0.15, 0.2) is 64.2 Å². The Morgan fingerprint density at radius 1 is 0.895 bits per heavy atom. The van der Waals surface area contributed by atoms with Gasteiger partial charge in [-0.2, -0.15) is 0 Å². The molecule has 0 saturated carbocycles. The van der Waals surface area contributed by atoms with Gasteiger partial charge in [-0.05, 0) is 52.7 Å². The molecule has 0 spiro atoms. The Morgan fingerprint density at radius 2 is 1.61 bits per heavy atom. The highest BCUT2D eigenvalue weighted by atomic mass is 16.4. The molecule has 1 N–H and O–H groups in total. The molecule has 2 aliphatic rings. The Bertz CT molecular complexity index is 1510. The van der Waals surface area contributed by atoms with Gasteiger partial charge >= 0.3 is 11.7 Å². The van der Waals surface area contributed by atoms with Crippen molar-refractivity contribution in [3.8, 4) is 0 Å². The first kappa shape index (κ1) is 25.7. The van der Waals surface area contributed by atoms with E-state index in [9.17, 15) is 19.5 Å². The van der Waals surface area contributed by atoms with Gasteiger partial charge in [0.1, 0.15) is 5.82 Å². The number of carbonyl (C=O) groups is 1. The molecular formula is C30H34N4O4. The highest BCUT2D eigenvalue weighted by molar-refractivity contribution is 5.84. The molecule has 38 heavy (non-hydrogen) atoms. The summed E-state index contributed by atoms with van der Waals surface area (Å²) in [6.45, 7) is 4.10. The van der Waals surface area contributed by atoms with Crippen molar-refractivity contribution >= 4 is 17.4 Å². The van der Waals surface area contributed by atoms with Crippen molar-refractivity contribution < 1.29 is 9.90 Å². The van der Waals surface area contributed by atoms with E-state index in [-0.39, 0.29) is 17.7 Å². The van der Waals surface area contributed by atoms with Crippen LogP contribution in [-0.2, 0) is 38.2 Å². The number of hydrogen-bond donors (Lipinski definition) is 1. The molecule has 8 nitrogen and oxygen atoms in total. The van der Waals surface area contributed by atoms with Crippen LogP contribution in [-0.4, -0.2) is 57.8 Å². The highest BCUT2D eigenvalue weighted by Crippen LogP contribution is 2.34. The van der Waals surface area contributed by atoms with E-state index in [0.29, 0.717) is 5.82 Å². The molecule has 1 fully saturated rings. The van der Waals surface area contributed by atoms with E-state index in [2.05, 4.69) is 52.3 Å². The van der Waals surface area contributed by atoms with Crippen molar-refractivity contribution in [3.05, 3.63) is 103 Å². The minimum atomic E-state index is -0.820. The second-order valence-corrected chi connectivity index (χ2v) is 10.2. The topological polar surface area (TPSA) is 87.8 Å². The maximum absolute atomic E-state index is 12.3. The fraction of sp³-hybridized carbons (Fsp3) is 0.367. The van der Waals surface area contributed by atoms with Crippen molar-refractivity contribution in [2.24, 2.45) is 14.1 Å². The number of hydrogen-bond acceptors (Lipinski definition) is 5. The third kappa shape index (κ3) is 5.22. The first-order valence-corrected chi connectivity index (χ1v) is 13.2. The Labute approximate surface area is 222 Å². The smallest absolute Gasteiger partial charge is 0.332 e. The zero-order valence-corrected chi connectivity index (χ0v) is 22.0. The molecule has 1 aromatic heterocycles. The first-order chi connectivity index (χ1) is 18.3.